The van der Waals surface area contributed by atoms with Gasteiger partial charge < -0.3 is 4.74 Å². The third-order valence-corrected chi connectivity index (χ3v) is 3.63. The van der Waals surface area contributed by atoms with E-state index in [9.17, 15) is 0 Å². The highest BCUT2D eigenvalue weighted by molar-refractivity contribution is 6.35. The second-order valence-electron chi connectivity index (χ2n) is 4.84. The lowest BCUT2D eigenvalue weighted by atomic mass is 10.1. The number of ether oxygens (including phenoxy) is 1. The molecule has 1 N–H and O–H groups in total. The molecule has 112 valence electrons. The van der Waals surface area contributed by atoms with Crippen molar-refractivity contribution in [2.24, 2.45) is 0 Å². The van der Waals surface area contributed by atoms with Crippen molar-refractivity contribution in [2.45, 2.75) is 13.5 Å². The summed E-state index contributed by atoms with van der Waals surface area (Å²) < 4.78 is 5.62. The summed E-state index contributed by atoms with van der Waals surface area (Å²) in [5.74, 6) is 1.82. The molecule has 0 saturated heterocycles. The van der Waals surface area contributed by atoms with Crippen molar-refractivity contribution in [1.82, 2.24) is 15.2 Å². The minimum absolute atomic E-state index is 0.250. The van der Waals surface area contributed by atoms with Gasteiger partial charge in [0.05, 0.1) is 5.02 Å². The number of halogens is 2. The Bertz CT molecular complexity index is 784. The molecular weight excluding hydrogens is 321 g/mol. The third-order valence-electron chi connectivity index (χ3n) is 3.10. The predicted molar refractivity (Wildman–Crippen MR) is 87.3 cm³/mol. The Hall–Kier alpha value is -2.04. The zero-order valence-corrected chi connectivity index (χ0v) is 13.3. The molecule has 6 heteroatoms. The molecule has 0 aliphatic heterocycles. The van der Waals surface area contributed by atoms with Crippen LogP contribution in [0.2, 0.25) is 10.0 Å². The SMILES string of the molecule is Cc1ccc(-c2n[nH]c(COc3ccc(Cl)cc3Cl)n2)cc1. The molecule has 0 unspecified atom stereocenters. The topological polar surface area (TPSA) is 50.8 Å². The number of hydrogen-bond acceptors (Lipinski definition) is 3. The lowest BCUT2D eigenvalue weighted by molar-refractivity contribution is 0.296. The number of H-pyrrole nitrogens is 1. The second kappa shape index (κ2) is 6.38. The number of hydrogen-bond donors (Lipinski definition) is 1. The van der Waals surface area contributed by atoms with Gasteiger partial charge >= 0.3 is 0 Å². The fourth-order valence-electron chi connectivity index (χ4n) is 1.93. The van der Waals surface area contributed by atoms with Gasteiger partial charge in [-0.1, -0.05) is 53.0 Å². The van der Waals surface area contributed by atoms with E-state index in [0.717, 1.165) is 5.56 Å². The number of aromatic amines is 1. The van der Waals surface area contributed by atoms with E-state index < -0.39 is 0 Å². The van der Waals surface area contributed by atoms with Gasteiger partial charge in [-0.2, -0.15) is 5.10 Å². The molecule has 0 fully saturated rings. The van der Waals surface area contributed by atoms with Gasteiger partial charge in [0.25, 0.3) is 0 Å². The van der Waals surface area contributed by atoms with E-state index in [1.807, 2.05) is 31.2 Å². The van der Waals surface area contributed by atoms with Gasteiger partial charge in [-0.05, 0) is 25.1 Å². The van der Waals surface area contributed by atoms with Crippen LogP contribution in [0.4, 0.5) is 0 Å². The monoisotopic (exact) mass is 333 g/mol. The molecule has 0 spiro atoms. The van der Waals surface area contributed by atoms with E-state index in [0.29, 0.717) is 27.4 Å². The molecule has 0 aliphatic rings. The molecule has 0 aliphatic carbocycles. The highest BCUT2D eigenvalue weighted by Gasteiger charge is 2.08. The number of aromatic nitrogens is 3. The number of aryl methyl sites for hydroxylation is 1. The van der Waals surface area contributed by atoms with Crippen LogP contribution in [-0.4, -0.2) is 15.2 Å². The predicted octanol–water partition coefficient (Wildman–Crippen LogP) is 4.67. The van der Waals surface area contributed by atoms with Crippen LogP contribution < -0.4 is 4.74 Å². The van der Waals surface area contributed by atoms with Gasteiger partial charge in [-0.3, -0.25) is 5.10 Å². The summed E-state index contributed by atoms with van der Waals surface area (Å²) in [5.41, 5.74) is 2.15. The smallest absolute Gasteiger partial charge is 0.181 e. The zero-order chi connectivity index (χ0) is 15.5. The summed E-state index contributed by atoms with van der Waals surface area (Å²) in [6.45, 7) is 2.29. The quantitative estimate of drug-likeness (QED) is 0.754. The van der Waals surface area contributed by atoms with E-state index >= 15 is 0 Å². The molecule has 0 amide bonds. The molecule has 0 bridgehead atoms. The second-order valence-corrected chi connectivity index (χ2v) is 5.68. The molecule has 3 rings (SSSR count). The van der Waals surface area contributed by atoms with E-state index in [4.69, 9.17) is 27.9 Å². The van der Waals surface area contributed by atoms with E-state index in [-0.39, 0.29) is 6.61 Å². The van der Waals surface area contributed by atoms with Crippen molar-refractivity contribution in [3.63, 3.8) is 0 Å². The van der Waals surface area contributed by atoms with Crippen molar-refractivity contribution in [3.05, 3.63) is 63.9 Å². The highest BCUT2D eigenvalue weighted by atomic mass is 35.5. The van der Waals surface area contributed by atoms with Crippen molar-refractivity contribution >= 4 is 23.2 Å². The van der Waals surface area contributed by atoms with Crippen molar-refractivity contribution in [2.75, 3.05) is 0 Å². The normalized spacial score (nSPS) is 10.7. The fraction of sp³-hybridized carbons (Fsp3) is 0.125. The minimum atomic E-state index is 0.250. The summed E-state index contributed by atoms with van der Waals surface area (Å²) in [7, 11) is 0. The molecule has 2 aromatic carbocycles. The molecule has 4 nitrogen and oxygen atoms in total. The lowest BCUT2D eigenvalue weighted by Crippen LogP contribution is -1.98. The maximum atomic E-state index is 6.06. The van der Waals surface area contributed by atoms with Gasteiger partial charge in [0, 0.05) is 10.6 Å². The molecule has 0 atom stereocenters. The first-order chi connectivity index (χ1) is 10.6. The van der Waals surface area contributed by atoms with Crippen LogP contribution in [0.15, 0.2) is 42.5 Å². The van der Waals surface area contributed by atoms with Gasteiger partial charge in [0.1, 0.15) is 12.4 Å². The number of benzene rings is 2. The molecular formula is C16H13Cl2N3O. The third kappa shape index (κ3) is 3.40. The van der Waals surface area contributed by atoms with Crippen LogP contribution in [0.3, 0.4) is 0 Å². The average molecular weight is 334 g/mol. The molecule has 0 radical (unpaired) electrons. The summed E-state index contributed by atoms with van der Waals surface area (Å²) in [6, 6.07) is 13.1. The lowest BCUT2D eigenvalue weighted by Gasteiger charge is -2.05. The minimum Gasteiger partial charge on any atom is -0.484 e. The fourth-order valence-corrected chi connectivity index (χ4v) is 2.39. The van der Waals surface area contributed by atoms with Gasteiger partial charge in [-0.15, -0.1) is 0 Å². The Balaban J connectivity index is 1.70. The molecule has 1 aromatic heterocycles. The Morgan fingerprint density at radius 1 is 1.09 bits per heavy atom. The largest absolute Gasteiger partial charge is 0.484 e. The van der Waals surface area contributed by atoms with Crippen LogP contribution in [0.1, 0.15) is 11.4 Å². The first-order valence-electron chi connectivity index (χ1n) is 6.68. The van der Waals surface area contributed by atoms with E-state index in [1.165, 1.54) is 5.56 Å². The summed E-state index contributed by atoms with van der Waals surface area (Å²) >= 11 is 11.9. The average Bonchev–Trinajstić information content (AvgIpc) is 2.96. The van der Waals surface area contributed by atoms with Gasteiger partial charge in [0.15, 0.2) is 11.6 Å². The first-order valence-corrected chi connectivity index (χ1v) is 7.43. The van der Waals surface area contributed by atoms with Crippen LogP contribution in [-0.2, 0) is 6.61 Å². The Kier molecular flexibility index (Phi) is 4.32. The zero-order valence-electron chi connectivity index (χ0n) is 11.8. The number of nitrogens with zero attached hydrogens (tertiary/aromatic N) is 2. The maximum Gasteiger partial charge on any atom is 0.181 e. The van der Waals surface area contributed by atoms with Crippen LogP contribution in [0, 0.1) is 6.92 Å². The number of nitrogens with one attached hydrogen (secondary N) is 1. The Labute approximate surface area is 138 Å². The van der Waals surface area contributed by atoms with Crippen molar-refractivity contribution in [1.29, 1.82) is 0 Å². The van der Waals surface area contributed by atoms with Crippen molar-refractivity contribution < 1.29 is 4.74 Å². The van der Waals surface area contributed by atoms with Crippen LogP contribution in [0.5, 0.6) is 5.75 Å². The maximum absolute atomic E-state index is 6.06. The highest BCUT2D eigenvalue weighted by Crippen LogP contribution is 2.28. The standard InChI is InChI=1S/C16H13Cl2N3O/c1-10-2-4-11(5-3-10)16-19-15(20-21-16)9-22-14-7-6-12(17)8-13(14)18/h2-8H,9H2,1H3,(H,19,20,21). The molecule has 3 aromatic rings. The summed E-state index contributed by atoms with van der Waals surface area (Å²) in [6.07, 6.45) is 0. The van der Waals surface area contributed by atoms with E-state index in [2.05, 4.69) is 15.2 Å². The summed E-state index contributed by atoms with van der Waals surface area (Å²) in [5, 5.41) is 8.09. The summed E-state index contributed by atoms with van der Waals surface area (Å²) in [4.78, 5) is 4.41. The van der Waals surface area contributed by atoms with Crippen LogP contribution in [0.25, 0.3) is 11.4 Å². The number of rotatable bonds is 4. The van der Waals surface area contributed by atoms with Crippen molar-refractivity contribution in [3.8, 4) is 17.1 Å². The molecule has 22 heavy (non-hydrogen) atoms. The Morgan fingerprint density at radius 2 is 1.86 bits per heavy atom. The molecule has 0 saturated carbocycles. The molecule has 1 heterocycles. The van der Waals surface area contributed by atoms with Gasteiger partial charge in [-0.25, -0.2) is 4.98 Å². The van der Waals surface area contributed by atoms with E-state index in [1.54, 1.807) is 18.2 Å². The first kappa shape index (κ1) is 14.9. The van der Waals surface area contributed by atoms with Crippen LogP contribution >= 0.6 is 23.2 Å². The Morgan fingerprint density at radius 3 is 2.59 bits per heavy atom. The van der Waals surface area contributed by atoms with Gasteiger partial charge in [0.2, 0.25) is 0 Å².